The van der Waals surface area contributed by atoms with Crippen LogP contribution in [0.15, 0.2) is 48.7 Å². The first-order valence-electron chi connectivity index (χ1n) is 7.46. The van der Waals surface area contributed by atoms with Gasteiger partial charge >= 0.3 is 0 Å². The third-order valence-electron chi connectivity index (χ3n) is 3.67. The van der Waals surface area contributed by atoms with E-state index in [0.717, 1.165) is 16.9 Å². The van der Waals surface area contributed by atoms with Crippen molar-refractivity contribution in [1.29, 1.82) is 5.26 Å². The minimum atomic E-state index is 0.361. The van der Waals surface area contributed by atoms with Crippen LogP contribution in [-0.4, -0.2) is 15.2 Å². The summed E-state index contributed by atoms with van der Waals surface area (Å²) in [6, 6.07) is 15.3. The first-order valence-corrected chi connectivity index (χ1v) is 7.46. The summed E-state index contributed by atoms with van der Waals surface area (Å²) >= 11 is 0. The highest BCUT2D eigenvalue weighted by Crippen LogP contribution is 2.22. The Morgan fingerprint density at radius 2 is 1.88 bits per heavy atom. The van der Waals surface area contributed by atoms with Gasteiger partial charge in [0, 0.05) is 11.4 Å². The molecule has 0 saturated carbocycles. The number of nitriles is 1. The Kier molecular flexibility index (Phi) is 4.34. The maximum atomic E-state index is 8.95. The van der Waals surface area contributed by atoms with Gasteiger partial charge in [0.15, 0.2) is 5.82 Å². The molecule has 3 rings (SSSR count). The molecule has 1 aromatic heterocycles. The van der Waals surface area contributed by atoms with Gasteiger partial charge in [-0.1, -0.05) is 18.2 Å². The van der Waals surface area contributed by atoms with E-state index in [9.17, 15) is 0 Å². The second-order valence-electron chi connectivity index (χ2n) is 5.36. The molecule has 0 unspecified atom stereocenters. The molecule has 1 heterocycles. The fourth-order valence-electron chi connectivity index (χ4n) is 2.24. The number of hydrogen-bond donors (Lipinski definition) is 2. The van der Waals surface area contributed by atoms with Crippen LogP contribution in [0.2, 0.25) is 0 Å². The van der Waals surface area contributed by atoms with Crippen molar-refractivity contribution >= 4 is 23.1 Å². The molecule has 6 nitrogen and oxygen atoms in total. The van der Waals surface area contributed by atoms with E-state index in [0.29, 0.717) is 17.3 Å². The second-order valence-corrected chi connectivity index (χ2v) is 5.36. The highest BCUT2D eigenvalue weighted by atomic mass is 15.3. The van der Waals surface area contributed by atoms with Gasteiger partial charge in [-0.15, -0.1) is 5.10 Å². The fraction of sp³-hybridized carbons (Fsp3) is 0.111. The van der Waals surface area contributed by atoms with Crippen LogP contribution in [0.4, 0.5) is 23.1 Å². The molecule has 0 amide bonds. The Morgan fingerprint density at radius 3 is 2.71 bits per heavy atom. The zero-order valence-corrected chi connectivity index (χ0v) is 13.4. The largest absolute Gasteiger partial charge is 0.339 e. The smallest absolute Gasteiger partial charge is 0.249 e. The van der Waals surface area contributed by atoms with Crippen molar-refractivity contribution < 1.29 is 0 Å². The third-order valence-corrected chi connectivity index (χ3v) is 3.67. The van der Waals surface area contributed by atoms with Gasteiger partial charge in [-0.3, -0.25) is 0 Å². The Bertz CT molecular complexity index is 913. The van der Waals surface area contributed by atoms with Gasteiger partial charge in [-0.05, 0) is 49.2 Å². The van der Waals surface area contributed by atoms with E-state index in [-0.39, 0.29) is 0 Å². The van der Waals surface area contributed by atoms with Crippen molar-refractivity contribution in [2.75, 3.05) is 10.6 Å². The van der Waals surface area contributed by atoms with Gasteiger partial charge in [0.2, 0.25) is 5.95 Å². The Hall–Kier alpha value is -3.46. The minimum absolute atomic E-state index is 0.361. The maximum absolute atomic E-state index is 8.95. The van der Waals surface area contributed by atoms with Crippen molar-refractivity contribution in [3.05, 3.63) is 65.4 Å². The molecule has 2 aromatic carbocycles. The fourth-order valence-corrected chi connectivity index (χ4v) is 2.24. The number of anilines is 4. The number of nitrogens with zero attached hydrogens (tertiary/aromatic N) is 4. The van der Waals surface area contributed by atoms with Gasteiger partial charge in [0.05, 0.1) is 17.8 Å². The van der Waals surface area contributed by atoms with Crippen LogP contribution in [0.1, 0.15) is 16.7 Å². The lowest BCUT2D eigenvalue weighted by Crippen LogP contribution is -2.03. The summed E-state index contributed by atoms with van der Waals surface area (Å²) in [6.07, 6.45) is 1.57. The normalized spacial score (nSPS) is 10.0. The molecule has 118 valence electrons. The average molecular weight is 316 g/mol. The molecular weight excluding hydrogens is 300 g/mol. The number of aryl methyl sites for hydroxylation is 1. The molecule has 0 aliphatic heterocycles. The number of hydrogen-bond acceptors (Lipinski definition) is 6. The number of benzene rings is 2. The summed E-state index contributed by atoms with van der Waals surface area (Å²) in [5, 5.41) is 23.2. The molecule has 0 spiro atoms. The number of nitrogens with one attached hydrogen (secondary N) is 2. The van der Waals surface area contributed by atoms with Crippen LogP contribution in [0, 0.1) is 25.2 Å². The molecule has 0 saturated heterocycles. The Balaban J connectivity index is 1.81. The molecule has 0 bridgehead atoms. The highest BCUT2D eigenvalue weighted by Gasteiger charge is 2.05. The quantitative estimate of drug-likeness (QED) is 0.760. The van der Waals surface area contributed by atoms with Gasteiger partial charge in [0.25, 0.3) is 0 Å². The maximum Gasteiger partial charge on any atom is 0.249 e. The van der Waals surface area contributed by atoms with Crippen LogP contribution in [0.25, 0.3) is 0 Å². The average Bonchev–Trinajstić information content (AvgIpc) is 2.59. The van der Waals surface area contributed by atoms with Crippen molar-refractivity contribution in [3.63, 3.8) is 0 Å². The van der Waals surface area contributed by atoms with Crippen molar-refractivity contribution in [3.8, 4) is 6.07 Å². The lowest BCUT2D eigenvalue weighted by molar-refractivity contribution is 0.982. The predicted molar refractivity (Wildman–Crippen MR) is 93.5 cm³/mol. The van der Waals surface area contributed by atoms with E-state index in [1.807, 2.05) is 18.2 Å². The second kappa shape index (κ2) is 6.75. The Labute approximate surface area is 140 Å². The van der Waals surface area contributed by atoms with E-state index >= 15 is 0 Å². The summed E-state index contributed by atoms with van der Waals surface area (Å²) in [5.41, 5.74) is 4.64. The molecule has 0 aliphatic rings. The predicted octanol–water partition coefficient (Wildman–Crippen LogP) is 3.85. The summed E-state index contributed by atoms with van der Waals surface area (Å²) in [7, 11) is 0. The van der Waals surface area contributed by atoms with Crippen molar-refractivity contribution in [1.82, 2.24) is 15.2 Å². The van der Waals surface area contributed by atoms with Crippen LogP contribution >= 0.6 is 0 Å². The lowest BCUT2D eigenvalue weighted by atomic mass is 10.1. The van der Waals surface area contributed by atoms with Crippen molar-refractivity contribution in [2.45, 2.75) is 13.8 Å². The van der Waals surface area contributed by atoms with Gasteiger partial charge < -0.3 is 10.6 Å². The zero-order valence-electron chi connectivity index (χ0n) is 13.4. The van der Waals surface area contributed by atoms with E-state index in [4.69, 9.17) is 5.26 Å². The van der Waals surface area contributed by atoms with Gasteiger partial charge in [-0.2, -0.15) is 15.3 Å². The first kappa shape index (κ1) is 15.4. The van der Waals surface area contributed by atoms with Gasteiger partial charge in [0.1, 0.15) is 0 Å². The SMILES string of the molecule is Cc1cccc(Nc2cnnc(Nc3cccc(C#N)c3)n2)c1C. The minimum Gasteiger partial charge on any atom is -0.339 e. The van der Waals surface area contributed by atoms with Gasteiger partial charge in [-0.25, -0.2) is 0 Å². The summed E-state index contributed by atoms with van der Waals surface area (Å²) < 4.78 is 0. The molecule has 0 atom stereocenters. The van der Waals surface area contributed by atoms with Crippen LogP contribution < -0.4 is 10.6 Å². The van der Waals surface area contributed by atoms with E-state index in [1.54, 1.807) is 24.4 Å². The van der Waals surface area contributed by atoms with E-state index in [2.05, 4.69) is 51.8 Å². The molecule has 0 radical (unpaired) electrons. The first-order chi connectivity index (χ1) is 11.7. The third kappa shape index (κ3) is 3.47. The summed E-state index contributed by atoms with van der Waals surface area (Å²) in [4.78, 5) is 4.41. The molecule has 6 heteroatoms. The van der Waals surface area contributed by atoms with Crippen LogP contribution in [0.5, 0.6) is 0 Å². The summed E-state index contributed by atoms with van der Waals surface area (Å²) in [5.74, 6) is 0.957. The van der Waals surface area contributed by atoms with Crippen LogP contribution in [0.3, 0.4) is 0 Å². The zero-order chi connectivity index (χ0) is 16.9. The monoisotopic (exact) mass is 316 g/mol. The number of aromatic nitrogens is 3. The molecule has 2 N–H and O–H groups in total. The van der Waals surface area contributed by atoms with Crippen molar-refractivity contribution in [2.24, 2.45) is 0 Å². The highest BCUT2D eigenvalue weighted by molar-refractivity contribution is 5.63. The lowest BCUT2D eigenvalue weighted by Gasteiger charge is -2.11. The molecule has 24 heavy (non-hydrogen) atoms. The molecule has 0 fully saturated rings. The standard InChI is InChI=1S/C18H16N6/c1-12-5-3-8-16(13(12)2)22-17-11-20-24-18(23-17)21-15-7-4-6-14(9-15)10-19/h3-9,11H,1-2H3,(H2,21,22,23,24). The topological polar surface area (TPSA) is 86.5 Å². The van der Waals surface area contributed by atoms with E-state index in [1.165, 1.54) is 5.56 Å². The van der Waals surface area contributed by atoms with E-state index < -0.39 is 0 Å². The summed E-state index contributed by atoms with van der Waals surface area (Å²) in [6.45, 7) is 4.12. The molecular formula is C18H16N6. The molecule has 0 aliphatic carbocycles. The molecule has 3 aromatic rings. The Morgan fingerprint density at radius 1 is 1.04 bits per heavy atom. The van der Waals surface area contributed by atoms with Crippen LogP contribution in [-0.2, 0) is 0 Å². The number of rotatable bonds is 4.